The van der Waals surface area contributed by atoms with Gasteiger partial charge in [-0.3, -0.25) is 14.9 Å². The maximum Gasteiger partial charge on any atom is 0.334 e. The number of carbonyl (C=O) groups excluding carboxylic acids is 3. The molecule has 0 unspecified atom stereocenters. The summed E-state index contributed by atoms with van der Waals surface area (Å²) in [6.07, 6.45) is -1.06. The van der Waals surface area contributed by atoms with E-state index >= 15 is 0 Å². The molecule has 5 atom stereocenters. The summed E-state index contributed by atoms with van der Waals surface area (Å²) >= 11 is 0. The van der Waals surface area contributed by atoms with Gasteiger partial charge in [-0.2, -0.15) is 0 Å². The number of nitrogens with one attached hydrogen (secondary N) is 1. The Morgan fingerprint density at radius 3 is 2.63 bits per heavy atom. The number of hydrogen-bond donors (Lipinski definition) is 1. The third kappa shape index (κ3) is 3.69. The molecule has 2 saturated heterocycles. The van der Waals surface area contributed by atoms with Crippen LogP contribution in [0.5, 0.6) is 0 Å². The Balaban J connectivity index is 1.70. The molecule has 0 aliphatic carbocycles. The summed E-state index contributed by atoms with van der Waals surface area (Å²) in [5.41, 5.74) is 0.868. The topological polar surface area (TPSA) is 100 Å². The van der Waals surface area contributed by atoms with E-state index < -0.39 is 42.1 Å². The first kappa shape index (κ1) is 20.5. The van der Waals surface area contributed by atoms with Gasteiger partial charge in [0, 0.05) is 13.2 Å². The van der Waals surface area contributed by atoms with Crippen molar-refractivity contribution in [1.29, 1.82) is 0 Å². The van der Waals surface area contributed by atoms with Crippen LogP contribution in [0.3, 0.4) is 0 Å². The highest BCUT2D eigenvalue weighted by molar-refractivity contribution is 5.88. The molecule has 2 heterocycles. The minimum Gasteiger partial charge on any atom is -0.468 e. The van der Waals surface area contributed by atoms with E-state index in [0.29, 0.717) is 0 Å². The lowest BCUT2D eigenvalue weighted by Crippen LogP contribution is -2.50. The summed E-state index contributed by atoms with van der Waals surface area (Å²) in [5.74, 6) is -2.65. The summed E-state index contributed by atoms with van der Waals surface area (Å²) in [4.78, 5) is 37.3. The number of ether oxygens (including phenoxy) is 4. The van der Waals surface area contributed by atoms with E-state index in [1.165, 1.54) is 14.2 Å². The van der Waals surface area contributed by atoms with Crippen LogP contribution in [0.1, 0.15) is 11.6 Å². The number of carbonyl (C=O) groups is 3. The van der Waals surface area contributed by atoms with Gasteiger partial charge in [0.1, 0.15) is 19.3 Å². The average Bonchev–Trinajstić information content (AvgIpc) is 3.17. The van der Waals surface area contributed by atoms with E-state index in [4.69, 9.17) is 18.9 Å². The van der Waals surface area contributed by atoms with E-state index in [9.17, 15) is 14.4 Å². The van der Waals surface area contributed by atoms with E-state index in [1.807, 2.05) is 42.5 Å². The molecule has 2 aromatic carbocycles. The van der Waals surface area contributed by atoms with Gasteiger partial charge in [0.25, 0.3) is 0 Å². The van der Waals surface area contributed by atoms with Crippen molar-refractivity contribution in [1.82, 2.24) is 5.32 Å². The highest BCUT2D eigenvalue weighted by atomic mass is 16.7. The molecule has 2 aromatic rings. The van der Waals surface area contributed by atoms with Crippen LogP contribution in [0.25, 0.3) is 10.8 Å². The highest BCUT2D eigenvalue weighted by Crippen LogP contribution is 2.44. The Hall–Kier alpha value is -2.81. The van der Waals surface area contributed by atoms with Crippen LogP contribution in [-0.4, -0.2) is 57.5 Å². The maximum atomic E-state index is 12.9. The third-order valence-electron chi connectivity index (χ3n) is 5.69. The van der Waals surface area contributed by atoms with Crippen molar-refractivity contribution in [3.63, 3.8) is 0 Å². The Bertz CT molecular complexity index is 975. The summed E-state index contributed by atoms with van der Waals surface area (Å²) in [6, 6.07) is 12.5. The van der Waals surface area contributed by atoms with E-state index in [0.717, 1.165) is 16.3 Å². The Morgan fingerprint density at radius 1 is 1.13 bits per heavy atom. The zero-order valence-corrected chi connectivity index (χ0v) is 16.7. The molecule has 0 saturated carbocycles. The predicted octanol–water partition coefficient (Wildman–Crippen LogP) is 1.37. The van der Waals surface area contributed by atoms with Crippen molar-refractivity contribution in [3.8, 4) is 0 Å². The first-order chi connectivity index (χ1) is 14.5. The molecule has 0 spiro atoms. The van der Waals surface area contributed by atoms with Crippen LogP contribution in [0.2, 0.25) is 0 Å². The molecule has 0 radical (unpaired) electrons. The second-order valence-corrected chi connectivity index (χ2v) is 7.42. The zero-order chi connectivity index (χ0) is 21.3. The van der Waals surface area contributed by atoms with Crippen molar-refractivity contribution in [2.45, 2.75) is 18.4 Å². The Kier molecular flexibility index (Phi) is 5.80. The zero-order valence-electron chi connectivity index (χ0n) is 16.7. The van der Waals surface area contributed by atoms with Gasteiger partial charge >= 0.3 is 11.9 Å². The third-order valence-corrected chi connectivity index (χ3v) is 5.69. The van der Waals surface area contributed by atoms with Gasteiger partial charge in [0.15, 0.2) is 5.78 Å². The van der Waals surface area contributed by atoms with Gasteiger partial charge in [-0.15, -0.1) is 0 Å². The molecule has 2 fully saturated rings. The number of benzene rings is 2. The Labute approximate surface area is 173 Å². The molecule has 0 bridgehead atoms. The van der Waals surface area contributed by atoms with Crippen molar-refractivity contribution in [2.24, 2.45) is 11.8 Å². The van der Waals surface area contributed by atoms with Gasteiger partial charge in [0.05, 0.1) is 18.9 Å². The SMILES string of the molecule is COCC(=O)O[C@H]1OCC(=O)[C@H]2[C@@H]1[C@@H](C(=O)OC)N[C@H]2c1ccc2ccccc2c1. The molecule has 0 aromatic heterocycles. The number of methoxy groups -OCH3 is 2. The monoisotopic (exact) mass is 413 g/mol. The second-order valence-electron chi connectivity index (χ2n) is 7.42. The van der Waals surface area contributed by atoms with Crippen LogP contribution in [0.4, 0.5) is 0 Å². The first-order valence-electron chi connectivity index (χ1n) is 9.69. The second kappa shape index (κ2) is 8.51. The summed E-state index contributed by atoms with van der Waals surface area (Å²) in [6.45, 7) is -0.457. The fourth-order valence-corrected chi connectivity index (χ4v) is 4.39. The quantitative estimate of drug-likeness (QED) is 0.734. The molecule has 1 N–H and O–H groups in total. The molecule has 2 aliphatic heterocycles. The molecular formula is C22H23NO7. The minimum absolute atomic E-state index is 0.156. The maximum absolute atomic E-state index is 12.9. The normalized spacial score (nSPS) is 28.2. The van der Waals surface area contributed by atoms with Gasteiger partial charge in [-0.25, -0.2) is 4.79 Å². The summed E-state index contributed by atoms with van der Waals surface area (Å²) in [7, 11) is 2.65. The standard InChI is InChI=1S/C22H23NO7/c1-27-11-16(25)30-22-18-17(15(24)10-29-22)19(23-20(18)21(26)28-2)14-8-7-12-5-3-4-6-13(12)9-14/h3-9,17-20,22-23H,10-11H2,1-2H3/t17-,18+,19-,20-,22+/m0/s1. The number of ketones is 1. The average molecular weight is 413 g/mol. The van der Waals surface area contributed by atoms with Crippen LogP contribution in [0, 0.1) is 11.8 Å². The molecule has 0 amide bonds. The van der Waals surface area contributed by atoms with Crippen LogP contribution < -0.4 is 5.32 Å². The molecule has 30 heavy (non-hydrogen) atoms. The van der Waals surface area contributed by atoms with Crippen molar-refractivity contribution < 1.29 is 33.3 Å². The highest BCUT2D eigenvalue weighted by Gasteiger charge is 2.57. The number of rotatable bonds is 5. The van der Waals surface area contributed by atoms with Crippen LogP contribution in [-0.2, 0) is 33.3 Å². The lowest BCUT2D eigenvalue weighted by molar-refractivity contribution is -0.213. The van der Waals surface area contributed by atoms with E-state index in [1.54, 1.807) is 0 Å². The fraction of sp³-hybridized carbons (Fsp3) is 0.409. The summed E-state index contributed by atoms with van der Waals surface area (Å²) < 4.78 is 20.6. The molecule has 8 nitrogen and oxygen atoms in total. The van der Waals surface area contributed by atoms with Gasteiger partial charge in [0.2, 0.25) is 6.29 Å². The minimum atomic E-state index is -1.06. The number of fused-ring (bicyclic) bond motifs is 2. The largest absolute Gasteiger partial charge is 0.468 e. The lowest BCUT2D eigenvalue weighted by atomic mass is 9.79. The first-order valence-corrected chi connectivity index (χ1v) is 9.69. The lowest BCUT2D eigenvalue weighted by Gasteiger charge is -2.34. The van der Waals surface area contributed by atoms with E-state index in [-0.39, 0.29) is 19.0 Å². The number of hydrogen-bond acceptors (Lipinski definition) is 8. The van der Waals surface area contributed by atoms with Crippen molar-refractivity contribution in [2.75, 3.05) is 27.4 Å². The Morgan fingerprint density at radius 2 is 1.90 bits per heavy atom. The number of esters is 2. The fourth-order valence-electron chi connectivity index (χ4n) is 4.39. The van der Waals surface area contributed by atoms with Gasteiger partial charge < -0.3 is 18.9 Å². The molecule has 4 rings (SSSR count). The molecule has 2 aliphatic rings. The molecule has 158 valence electrons. The predicted molar refractivity (Wildman–Crippen MR) is 105 cm³/mol. The summed E-state index contributed by atoms with van der Waals surface area (Å²) in [5, 5.41) is 5.33. The van der Waals surface area contributed by atoms with Gasteiger partial charge in [-0.1, -0.05) is 36.4 Å². The molecular weight excluding hydrogens is 390 g/mol. The van der Waals surface area contributed by atoms with Crippen molar-refractivity contribution >= 4 is 28.5 Å². The smallest absolute Gasteiger partial charge is 0.334 e. The van der Waals surface area contributed by atoms with Gasteiger partial charge in [-0.05, 0) is 22.4 Å². The van der Waals surface area contributed by atoms with E-state index in [2.05, 4.69) is 5.32 Å². The van der Waals surface area contributed by atoms with Crippen LogP contribution in [0.15, 0.2) is 42.5 Å². The van der Waals surface area contributed by atoms with Crippen molar-refractivity contribution in [3.05, 3.63) is 48.0 Å². The molecule has 8 heteroatoms. The number of Topliss-reactive ketones (excluding diaryl/α,β-unsaturated/α-hetero) is 1. The van der Waals surface area contributed by atoms with Crippen LogP contribution >= 0.6 is 0 Å².